The number of aryl methyl sites for hydroxylation is 1. The summed E-state index contributed by atoms with van der Waals surface area (Å²) in [6, 6.07) is 20.1. The summed E-state index contributed by atoms with van der Waals surface area (Å²) >= 11 is 6.20. The third-order valence-electron chi connectivity index (χ3n) is 4.62. The molecule has 1 N–H and O–H groups in total. The van der Waals surface area contributed by atoms with Crippen molar-refractivity contribution in [2.24, 2.45) is 0 Å². The van der Waals surface area contributed by atoms with Crippen LogP contribution in [-0.2, 0) is 19.7 Å². The van der Waals surface area contributed by atoms with Crippen LogP contribution in [0, 0.1) is 6.92 Å². The lowest BCUT2D eigenvalue weighted by Crippen LogP contribution is -2.13. The van der Waals surface area contributed by atoms with Crippen LogP contribution in [0.4, 0.5) is 0 Å². The van der Waals surface area contributed by atoms with E-state index in [0.717, 1.165) is 33.9 Å². The second-order valence-electron chi connectivity index (χ2n) is 6.82. The van der Waals surface area contributed by atoms with E-state index in [4.69, 9.17) is 25.8 Å². The van der Waals surface area contributed by atoms with Crippen molar-refractivity contribution in [1.29, 1.82) is 0 Å². The maximum Gasteiger partial charge on any atom is 0.231 e. The minimum absolute atomic E-state index is 0. The largest absolute Gasteiger partial charge is 0.489 e. The summed E-state index contributed by atoms with van der Waals surface area (Å²) < 4.78 is 16.8. The topological polar surface area (TPSA) is 39.7 Å². The molecule has 0 saturated heterocycles. The molecule has 0 amide bonds. The Balaban J connectivity index is 0.00000240. The molecular weight excluding hydrogens is 409 g/mol. The van der Waals surface area contributed by atoms with Crippen LogP contribution in [0.2, 0.25) is 5.02 Å². The molecule has 0 bridgehead atoms. The van der Waals surface area contributed by atoms with E-state index in [1.165, 1.54) is 5.56 Å². The van der Waals surface area contributed by atoms with Gasteiger partial charge in [0, 0.05) is 23.7 Å². The van der Waals surface area contributed by atoms with Crippen molar-refractivity contribution in [3.05, 3.63) is 87.9 Å². The fourth-order valence-corrected chi connectivity index (χ4v) is 3.26. The minimum atomic E-state index is 0. The summed E-state index contributed by atoms with van der Waals surface area (Å²) in [6.45, 7) is 4.25. The molecule has 1 heterocycles. The van der Waals surface area contributed by atoms with Gasteiger partial charge in [-0.15, -0.1) is 12.4 Å². The fourth-order valence-electron chi connectivity index (χ4n) is 3.06. The highest BCUT2D eigenvalue weighted by Crippen LogP contribution is 2.32. The molecule has 0 spiro atoms. The number of hydrogen-bond donors (Lipinski definition) is 1. The number of ether oxygens (including phenoxy) is 3. The normalized spacial score (nSPS) is 11.8. The zero-order valence-electron chi connectivity index (χ0n) is 16.1. The maximum absolute atomic E-state index is 6.20. The van der Waals surface area contributed by atoms with Gasteiger partial charge in [-0.3, -0.25) is 0 Å². The van der Waals surface area contributed by atoms with Gasteiger partial charge in [0.2, 0.25) is 6.79 Å². The Morgan fingerprint density at radius 3 is 2.48 bits per heavy atom. The molecule has 1 aliphatic rings. The third-order valence-corrected chi connectivity index (χ3v) is 4.85. The van der Waals surface area contributed by atoms with Gasteiger partial charge in [0.05, 0.1) is 0 Å². The lowest BCUT2D eigenvalue weighted by Gasteiger charge is -2.13. The Hall–Kier alpha value is -2.40. The highest BCUT2D eigenvalue weighted by Gasteiger charge is 2.13. The van der Waals surface area contributed by atoms with Crippen molar-refractivity contribution in [3.8, 4) is 17.2 Å². The number of fused-ring (bicyclic) bond motifs is 1. The first-order valence-electron chi connectivity index (χ1n) is 9.23. The Bertz CT molecular complexity index is 961. The monoisotopic (exact) mass is 431 g/mol. The van der Waals surface area contributed by atoms with Gasteiger partial charge in [-0.2, -0.15) is 0 Å². The quantitative estimate of drug-likeness (QED) is 0.523. The summed E-state index contributed by atoms with van der Waals surface area (Å²) in [6.07, 6.45) is 0. The van der Waals surface area contributed by atoms with Crippen LogP contribution in [-0.4, -0.2) is 6.79 Å². The van der Waals surface area contributed by atoms with Crippen LogP contribution in [0.3, 0.4) is 0 Å². The molecule has 0 aromatic heterocycles. The molecule has 152 valence electrons. The molecule has 29 heavy (non-hydrogen) atoms. The van der Waals surface area contributed by atoms with Crippen LogP contribution in [0.25, 0.3) is 0 Å². The van der Waals surface area contributed by atoms with Crippen LogP contribution in [0.5, 0.6) is 17.2 Å². The average Bonchev–Trinajstić information content (AvgIpc) is 3.16. The Morgan fingerprint density at radius 1 is 0.897 bits per heavy atom. The molecule has 0 radical (unpaired) electrons. The van der Waals surface area contributed by atoms with E-state index in [1.807, 2.05) is 36.4 Å². The fraction of sp³-hybridized carbons (Fsp3) is 0.217. The van der Waals surface area contributed by atoms with Crippen LogP contribution >= 0.6 is 24.0 Å². The maximum atomic E-state index is 6.20. The van der Waals surface area contributed by atoms with Gasteiger partial charge in [-0.1, -0.05) is 47.5 Å². The number of benzene rings is 3. The second-order valence-corrected chi connectivity index (χ2v) is 7.25. The van der Waals surface area contributed by atoms with Gasteiger partial charge in [-0.05, 0) is 48.4 Å². The zero-order valence-corrected chi connectivity index (χ0v) is 17.7. The van der Waals surface area contributed by atoms with E-state index in [9.17, 15) is 0 Å². The van der Waals surface area contributed by atoms with Gasteiger partial charge in [0.1, 0.15) is 12.4 Å². The lowest BCUT2D eigenvalue weighted by molar-refractivity contribution is 0.174. The van der Waals surface area contributed by atoms with E-state index < -0.39 is 0 Å². The van der Waals surface area contributed by atoms with E-state index >= 15 is 0 Å². The summed E-state index contributed by atoms with van der Waals surface area (Å²) in [5.74, 6) is 2.43. The van der Waals surface area contributed by atoms with Crippen molar-refractivity contribution in [2.45, 2.75) is 26.6 Å². The lowest BCUT2D eigenvalue weighted by atomic mass is 10.1. The Labute approximate surface area is 182 Å². The Morgan fingerprint density at radius 2 is 1.66 bits per heavy atom. The summed E-state index contributed by atoms with van der Waals surface area (Å²) in [5.41, 5.74) is 4.54. The van der Waals surface area contributed by atoms with E-state index in [-0.39, 0.29) is 19.2 Å². The van der Waals surface area contributed by atoms with Crippen LogP contribution in [0.1, 0.15) is 22.3 Å². The number of nitrogens with one attached hydrogen (secondary N) is 1. The first-order valence-corrected chi connectivity index (χ1v) is 9.61. The molecule has 3 aromatic rings. The number of rotatable bonds is 7. The number of halogens is 2. The van der Waals surface area contributed by atoms with Crippen molar-refractivity contribution in [2.75, 3.05) is 6.79 Å². The van der Waals surface area contributed by atoms with Crippen molar-refractivity contribution >= 4 is 24.0 Å². The van der Waals surface area contributed by atoms with Crippen molar-refractivity contribution < 1.29 is 14.2 Å². The minimum Gasteiger partial charge on any atom is -0.489 e. The summed E-state index contributed by atoms with van der Waals surface area (Å²) in [5, 5.41) is 4.14. The zero-order chi connectivity index (χ0) is 19.3. The van der Waals surface area contributed by atoms with Gasteiger partial charge >= 0.3 is 0 Å². The molecule has 0 atom stereocenters. The molecule has 0 saturated carbocycles. The van der Waals surface area contributed by atoms with Gasteiger partial charge < -0.3 is 19.5 Å². The van der Waals surface area contributed by atoms with Crippen molar-refractivity contribution in [3.63, 3.8) is 0 Å². The van der Waals surface area contributed by atoms with E-state index in [1.54, 1.807) is 0 Å². The predicted octanol–water partition coefficient (Wildman–Crippen LogP) is 5.67. The summed E-state index contributed by atoms with van der Waals surface area (Å²) in [7, 11) is 0. The second kappa shape index (κ2) is 9.88. The molecule has 1 aliphatic heterocycles. The smallest absolute Gasteiger partial charge is 0.231 e. The molecule has 0 unspecified atom stereocenters. The number of hydrogen-bond acceptors (Lipinski definition) is 4. The Kier molecular flexibility index (Phi) is 7.26. The molecule has 0 aliphatic carbocycles. The third kappa shape index (κ3) is 5.57. The molecule has 3 aromatic carbocycles. The van der Waals surface area contributed by atoms with E-state index in [0.29, 0.717) is 24.7 Å². The van der Waals surface area contributed by atoms with Gasteiger partial charge in [-0.25, -0.2) is 0 Å². The van der Waals surface area contributed by atoms with Gasteiger partial charge in [0.25, 0.3) is 0 Å². The molecule has 0 fully saturated rings. The standard InChI is InChI=1S/C23H22ClNO3.ClH/c1-16-2-4-17(5-3-16)14-26-21-9-7-20(24)11-19(21)13-25-12-18-6-8-22-23(10-18)28-15-27-22;/h2-11,25H,12-15H2,1H3;1H. The highest BCUT2D eigenvalue weighted by atomic mass is 35.5. The molecular formula is C23H23Cl2NO3. The molecule has 4 rings (SSSR count). The SMILES string of the molecule is Cc1ccc(COc2ccc(Cl)cc2CNCc2ccc3c(c2)OCO3)cc1.Cl. The van der Waals surface area contributed by atoms with E-state index in [2.05, 4.69) is 36.5 Å². The average molecular weight is 432 g/mol. The molecule has 4 nitrogen and oxygen atoms in total. The van der Waals surface area contributed by atoms with Crippen molar-refractivity contribution in [1.82, 2.24) is 5.32 Å². The summed E-state index contributed by atoms with van der Waals surface area (Å²) in [4.78, 5) is 0. The van der Waals surface area contributed by atoms with Gasteiger partial charge in [0.15, 0.2) is 11.5 Å². The van der Waals surface area contributed by atoms with Crippen LogP contribution < -0.4 is 19.5 Å². The highest BCUT2D eigenvalue weighted by molar-refractivity contribution is 6.30. The predicted molar refractivity (Wildman–Crippen MR) is 117 cm³/mol. The first kappa shape index (κ1) is 21.3. The molecule has 6 heteroatoms. The van der Waals surface area contributed by atoms with Crippen LogP contribution in [0.15, 0.2) is 60.7 Å². The first-order chi connectivity index (χ1) is 13.7.